The van der Waals surface area contributed by atoms with Crippen LogP contribution in [0.25, 0.3) is 0 Å². The summed E-state index contributed by atoms with van der Waals surface area (Å²) in [5.41, 5.74) is 0.0260. The highest BCUT2D eigenvalue weighted by Gasteiger charge is 2.24. The van der Waals surface area contributed by atoms with Gasteiger partial charge in [0.2, 0.25) is 0 Å². The maximum Gasteiger partial charge on any atom is 0.144 e. The van der Waals surface area contributed by atoms with E-state index < -0.39 is 11.6 Å². The molecule has 0 radical (unpaired) electrons. The fraction of sp³-hybridized carbons (Fsp3) is 0.462. The minimum absolute atomic E-state index is 0.0260. The molecule has 1 aliphatic heterocycles. The van der Waals surface area contributed by atoms with Gasteiger partial charge in [-0.3, -0.25) is 4.90 Å². The molecule has 0 N–H and O–H groups in total. The zero-order valence-electron chi connectivity index (χ0n) is 9.83. The summed E-state index contributed by atoms with van der Waals surface area (Å²) in [6, 6.07) is 2.36. The van der Waals surface area contributed by atoms with Crippen molar-refractivity contribution >= 4 is 22.2 Å². The molecule has 0 spiro atoms. The summed E-state index contributed by atoms with van der Waals surface area (Å²) in [4.78, 5) is 12.8. The van der Waals surface area contributed by atoms with Gasteiger partial charge in [0.15, 0.2) is 0 Å². The Bertz CT molecular complexity index is 453. The van der Waals surface area contributed by atoms with Gasteiger partial charge >= 0.3 is 0 Å². The van der Waals surface area contributed by atoms with Crippen LogP contribution in [0.3, 0.4) is 0 Å². The molecule has 98 valence electrons. The van der Waals surface area contributed by atoms with Gasteiger partial charge in [-0.2, -0.15) is 0 Å². The molecule has 1 aromatic rings. The van der Waals surface area contributed by atoms with Crippen molar-refractivity contribution in [3.8, 4) is 0 Å². The van der Waals surface area contributed by atoms with Crippen molar-refractivity contribution in [1.29, 1.82) is 0 Å². The van der Waals surface area contributed by atoms with E-state index >= 15 is 0 Å². The Morgan fingerprint density at radius 3 is 2.89 bits per heavy atom. The number of halogens is 3. The van der Waals surface area contributed by atoms with Gasteiger partial charge in [-0.25, -0.2) is 8.78 Å². The molecule has 0 amide bonds. The summed E-state index contributed by atoms with van der Waals surface area (Å²) < 4.78 is 27.7. The van der Waals surface area contributed by atoms with Gasteiger partial charge in [-0.1, -0.05) is 6.42 Å². The van der Waals surface area contributed by atoms with Crippen LogP contribution in [0.1, 0.15) is 24.8 Å². The molecule has 1 aliphatic rings. The van der Waals surface area contributed by atoms with Gasteiger partial charge in [-0.05, 0) is 47.4 Å². The second-order valence-electron chi connectivity index (χ2n) is 4.49. The molecule has 0 aromatic heterocycles. The molecule has 1 aromatic carbocycles. The molecule has 1 unspecified atom stereocenters. The third-order valence-corrected chi connectivity index (χ3v) is 3.93. The van der Waals surface area contributed by atoms with E-state index in [0.717, 1.165) is 25.5 Å². The zero-order valence-corrected chi connectivity index (χ0v) is 11.4. The first-order valence-corrected chi connectivity index (χ1v) is 6.74. The molecule has 0 aliphatic carbocycles. The number of aldehydes is 1. The third-order valence-electron chi connectivity index (χ3n) is 3.32. The van der Waals surface area contributed by atoms with E-state index in [4.69, 9.17) is 0 Å². The van der Waals surface area contributed by atoms with Crippen molar-refractivity contribution in [3.05, 3.63) is 33.8 Å². The zero-order chi connectivity index (χ0) is 13.1. The molecule has 2 rings (SSSR count). The molecular formula is C13H14BrF2NO. The van der Waals surface area contributed by atoms with Crippen LogP contribution in [0.4, 0.5) is 8.78 Å². The number of piperidine rings is 1. The topological polar surface area (TPSA) is 20.3 Å². The molecule has 0 bridgehead atoms. The first kappa shape index (κ1) is 13.6. The van der Waals surface area contributed by atoms with E-state index in [9.17, 15) is 13.6 Å². The summed E-state index contributed by atoms with van der Waals surface area (Å²) in [5.74, 6) is -1.14. The van der Waals surface area contributed by atoms with Gasteiger partial charge in [0.25, 0.3) is 0 Å². The highest BCUT2D eigenvalue weighted by Crippen LogP contribution is 2.25. The molecule has 1 heterocycles. The van der Waals surface area contributed by atoms with Crippen LogP contribution in [0.5, 0.6) is 0 Å². The summed E-state index contributed by atoms with van der Waals surface area (Å²) in [6.45, 7) is 0.843. The van der Waals surface area contributed by atoms with E-state index in [0.29, 0.717) is 6.54 Å². The fourth-order valence-corrected chi connectivity index (χ4v) is 2.66. The number of likely N-dealkylation sites (tertiary alicyclic amines) is 1. The maximum atomic E-state index is 13.8. The summed E-state index contributed by atoms with van der Waals surface area (Å²) >= 11 is 3.05. The monoisotopic (exact) mass is 317 g/mol. The standard InChI is InChI=1S/C13H14BrF2NO/c14-11-4-5-12(15)10(13(11)16)7-17-6-2-1-3-9(17)8-18/h4-5,8-9H,1-3,6-7H2. The number of benzene rings is 1. The summed E-state index contributed by atoms with van der Waals surface area (Å²) in [6.07, 6.45) is 3.58. The Balaban J connectivity index is 2.22. The number of hydrogen-bond acceptors (Lipinski definition) is 2. The van der Waals surface area contributed by atoms with Crippen LogP contribution < -0.4 is 0 Å². The van der Waals surface area contributed by atoms with Gasteiger partial charge in [-0.15, -0.1) is 0 Å². The smallest absolute Gasteiger partial charge is 0.144 e. The van der Waals surface area contributed by atoms with E-state index in [-0.39, 0.29) is 22.6 Å². The molecule has 2 nitrogen and oxygen atoms in total. The highest BCUT2D eigenvalue weighted by atomic mass is 79.9. The van der Waals surface area contributed by atoms with Crippen molar-refractivity contribution in [2.45, 2.75) is 31.8 Å². The average Bonchev–Trinajstić information content (AvgIpc) is 2.39. The number of rotatable bonds is 3. The summed E-state index contributed by atoms with van der Waals surface area (Å²) in [7, 11) is 0. The third kappa shape index (κ3) is 2.78. The Hall–Kier alpha value is -0.810. The van der Waals surface area contributed by atoms with Crippen molar-refractivity contribution in [1.82, 2.24) is 4.90 Å². The first-order valence-electron chi connectivity index (χ1n) is 5.95. The predicted molar refractivity (Wildman–Crippen MR) is 68.2 cm³/mol. The van der Waals surface area contributed by atoms with Gasteiger partial charge in [0.1, 0.15) is 17.9 Å². The molecule has 0 saturated carbocycles. The minimum atomic E-state index is -0.578. The minimum Gasteiger partial charge on any atom is -0.302 e. The van der Waals surface area contributed by atoms with Crippen molar-refractivity contribution < 1.29 is 13.6 Å². The van der Waals surface area contributed by atoms with Gasteiger partial charge in [0, 0.05) is 12.1 Å². The fourth-order valence-electron chi connectivity index (χ4n) is 2.28. The Labute approximate surface area is 113 Å². The van der Waals surface area contributed by atoms with Gasteiger partial charge in [0.05, 0.1) is 10.5 Å². The number of carbonyl (C=O) groups excluding carboxylic acids is 1. The molecule has 1 atom stereocenters. The van der Waals surface area contributed by atoms with E-state index in [2.05, 4.69) is 15.9 Å². The molecule has 5 heteroatoms. The van der Waals surface area contributed by atoms with E-state index in [1.54, 1.807) is 0 Å². The molecular weight excluding hydrogens is 304 g/mol. The van der Waals surface area contributed by atoms with Crippen molar-refractivity contribution in [2.75, 3.05) is 6.54 Å². The quantitative estimate of drug-likeness (QED) is 0.630. The lowest BCUT2D eigenvalue weighted by molar-refractivity contribution is -0.113. The second-order valence-corrected chi connectivity index (χ2v) is 5.35. The van der Waals surface area contributed by atoms with E-state index in [1.807, 2.05) is 4.90 Å². The van der Waals surface area contributed by atoms with Crippen LogP contribution in [0, 0.1) is 11.6 Å². The maximum absolute atomic E-state index is 13.8. The number of hydrogen-bond donors (Lipinski definition) is 0. The lowest BCUT2D eigenvalue weighted by Crippen LogP contribution is -2.40. The average molecular weight is 318 g/mol. The largest absolute Gasteiger partial charge is 0.302 e. The lowest BCUT2D eigenvalue weighted by atomic mass is 10.0. The Morgan fingerprint density at radius 1 is 1.39 bits per heavy atom. The molecule has 1 fully saturated rings. The number of nitrogens with zero attached hydrogens (tertiary/aromatic N) is 1. The van der Waals surface area contributed by atoms with Crippen molar-refractivity contribution in [3.63, 3.8) is 0 Å². The van der Waals surface area contributed by atoms with Crippen LogP contribution in [-0.2, 0) is 11.3 Å². The van der Waals surface area contributed by atoms with Crippen LogP contribution >= 0.6 is 15.9 Å². The van der Waals surface area contributed by atoms with Crippen LogP contribution in [-0.4, -0.2) is 23.8 Å². The normalized spacial score (nSPS) is 20.9. The van der Waals surface area contributed by atoms with Crippen molar-refractivity contribution in [2.24, 2.45) is 0 Å². The van der Waals surface area contributed by atoms with Gasteiger partial charge < -0.3 is 4.79 Å². The molecule has 18 heavy (non-hydrogen) atoms. The molecule has 1 saturated heterocycles. The Kier molecular flexibility index (Phi) is 4.45. The SMILES string of the molecule is O=CC1CCCCN1Cc1c(F)ccc(Br)c1F. The Morgan fingerprint density at radius 2 is 2.17 bits per heavy atom. The summed E-state index contributed by atoms with van der Waals surface area (Å²) in [5, 5.41) is 0. The highest BCUT2D eigenvalue weighted by molar-refractivity contribution is 9.10. The first-order chi connectivity index (χ1) is 8.63. The van der Waals surface area contributed by atoms with Crippen LogP contribution in [0.15, 0.2) is 16.6 Å². The lowest BCUT2D eigenvalue weighted by Gasteiger charge is -2.32. The number of carbonyl (C=O) groups is 1. The van der Waals surface area contributed by atoms with E-state index in [1.165, 1.54) is 12.1 Å². The second kappa shape index (κ2) is 5.89. The van der Waals surface area contributed by atoms with Crippen LogP contribution in [0.2, 0.25) is 0 Å². The predicted octanol–water partition coefficient (Wildman–Crippen LogP) is 3.28.